The van der Waals surface area contributed by atoms with Crippen LogP contribution in [0.3, 0.4) is 0 Å². The van der Waals surface area contributed by atoms with E-state index in [4.69, 9.17) is 34.7 Å². The molecule has 0 spiro atoms. The zero-order valence-electron chi connectivity index (χ0n) is 6.73. The van der Waals surface area contributed by atoms with E-state index in [1.54, 1.807) is 0 Å². The van der Waals surface area contributed by atoms with Gasteiger partial charge in [-0.2, -0.15) is 0 Å². The van der Waals surface area contributed by atoms with E-state index < -0.39 is 11.9 Å². The highest BCUT2D eigenvalue weighted by molar-refractivity contribution is 6.42. The van der Waals surface area contributed by atoms with Gasteiger partial charge in [0.05, 0.1) is 10.0 Å². The number of hydrogen-bond acceptors (Lipinski definition) is 2. The number of halogens is 3. The van der Waals surface area contributed by atoms with Gasteiger partial charge >= 0.3 is 0 Å². The lowest BCUT2D eigenvalue weighted by Crippen LogP contribution is -2.22. The molecule has 13 heavy (non-hydrogen) atoms. The summed E-state index contributed by atoms with van der Waals surface area (Å²) in [6.07, 6.45) is 0. The lowest BCUT2D eigenvalue weighted by Gasteiger charge is -2.12. The van der Waals surface area contributed by atoms with Crippen LogP contribution in [0.25, 0.3) is 0 Å². The van der Waals surface area contributed by atoms with E-state index in [9.17, 15) is 4.39 Å². The molecule has 0 bridgehead atoms. The van der Waals surface area contributed by atoms with E-state index in [2.05, 4.69) is 0 Å². The Balaban J connectivity index is 3.25. The van der Waals surface area contributed by atoms with Crippen LogP contribution in [-0.4, -0.2) is 6.54 Å². The van der Waals surface area contributed by atoms with Crippen molar-refractivity contribution in [1.82, 2.24) is 0 Å². The van der Waals surface area contributed by atoms with E-state index >= 15 is 0 Å². The minimum absolute atomic E-state index is 0.122. The highest BCUT2D eigenvalue weighted by atomic mass is 35.5. The largest absolute Gasteiger partial charge is 0.329 e. The molecule has 0 aliphatic heterocycles. The molecular weight excluding hydrogens is 214 g/mol. The van der Waals surface area contributed by atoms with Crippen molar-refractivity contribution in [3.63, 3.8) is 0 Å². The highest BCUT2D eigenvalue weighted by Gasteiger charge is 2.16. The summed E-state index contributed by atoms with van der Waals surface area (Å²) in [5.74, 6) is -0.479. The van der Waals surface area contributed by atoms with Crippen LogP contribution in [0.2, 0.25) is 10.0 Å². The molecular formula is C8H9Cl2FN2. The molecule has 0 aliphatic carbocycles. The first-order valence-electron chi connectivity index (χ1n) is 3.67. The Kier molecular flexibility index (Phi) is 3.50. The Morgan fingerprint density at radius 2 is 2.00 bits per heavy atom. The van der Waals surface area contributed by atoms with E-state index in [0.29, 0.717) is 0 Å². The summed E-state index contributed by atoms with van der Waals surface area (Å²) < 4.78 is 13.2. The molecule has 0 amide bonds. The standard InChI is InChI=1S/C8H9Cl2FN2/c9-4-1-2-5(11)7(8(4)10)6(13)3-12/h1-2,6H,3,12-13H2/t6-/m0/s1. The Hall–Kier alpha value is -0.350. The van der Waals surface area contributed by atoms with Crippen molar-refractivity contribution in [1.29, 1.82) is 0 Å². The summed E-state index contributed by atoms with van der Waals surface area (Å²) >= 11 is 11.5. The fraction of sp³-hybridized carbons (Fsp3) is 0.250. The molecule has 2 nitrogen and oxygen atoms in total. The van der Waals surface area contributed by atoms with Crippen LogP contribution in [0, 0.1) is 5.82 Å². The van der Waals surface area contributed by atoms with Gasteiger partial charge in [-0.3, -0.25) is 0 Å². The van der Waals surface area contributed by atoms with Crippen molar-refractivity contribution in [2.24, 2.45) is 11.5 Å². The van der Waals surface area contributed by atoms with Crippen molar-refractivity contribution in [3.05, 3.63) is 33.6 Å². The van der Waals surface area contributed by atoms with Crippen LogP contribution in [0.4, 0.5) is 4.39 Å². The Morgan fingerprint density at radius 1 is 1.38 bits per heavy atom. The summed E-state index contributed by atoms with van der Waals surface area (Å²) in [4.78, 5) is 0. The average Bonchev–Trinajstić information content (AvgIpc) is 2.12. The molecule has 0 aliphatic rings. The van der Waals surface area contributed by atoms with Gasteiger partial charge in [0.2, 0.25) is 0 Å². The number of rotatable bonds is 2. The SMILES string of the molecule is NC[C@H](N)c1c(F)ccc(Cl)c1Cl. The van der Waals surface area contributed by atoms with Crippen LogP contribution < -0.4 is 11.5 Å². The quantitative estimate of drug-likeness (QED) is 0.754. The van der Waals surface area contributed by atoms with E-state index in [-0.39, 0.29) is 22.2 Å². The molecule has 1 aromatic carbocycles. The molecule has 1 rings (SSSR count). The monoisotopic (exact) mass is 222 g/mol. The summed E-state index contributed by atoms with van der Waals surface area (Å²) in [5, 5.41) is 0.418. The molecule has 5 heteroatoms. The molecule has 4 N–H and O–H groups in total. The van der Waals surface area contributed by atoms with Gasteiger partial charge in [0.25, 0.3) is 0 Å². The number of hydrogen-bond donors (Lipinski definition) is 2. The summed E-state index contributed by atoms with van der Waals surface area (Å²) in [5.41, 5.74) is 11.0. The van der Waals surface area contributed by atoms with Crippen LogP contribution in [0.1, 0.15) is 11.6 Å². The van der Waals surface area contributed by atoms with Gasteiger partial charge in [0, 0.05) is 18.2 Å². The number of benzene rings is 1. The van der Waals surface area contributed by atoms with Gasteiger partial charge in [0.1, 0.15) is 5.82 Å². The third kappa shape index (κ3) is 2.11. The molecule has 1 aromatic rings. The van der Waals surface area contributed by atoms with Crippen molar-refractivity contribution in [2.45, 2.75) is 6.04 Å². The van der Waals surface area contributed by atoms with Crippen LogP contribution in [0.15, 0.2) is 12.1 Å². The van der Waals surface area contributed by atoms with Gasteiger partial charge in [-0.25, -0.2) is 4.39 Å². The highest BCUT2D eigenvalue weighted by Crippen LogP contribution is 2.30. The maximum atomic E-state index is 13.2. The zero-order chi connectivity index (χ0) is 10.0. The first-order valence-corrected chi connectivity index (χ1v) is 4.42. The normalized spacial score (nSPS) is 13.0. The minimum atomic E-state index is -0.619. The third-order valence-electron chi connectivity index (χ3n) is 1.70. The van der Waals surface area contributed by atoms with Crippen LogP contribution >= 0.6 is 23.2 Å². The number of nitrogens with two attached hydrogens (primary N) is 2. The minimum Gasteiger partial charge on any atom is -0.329 e. The maximum Gasteiger partial charge on any atom is 0.129 e. The molecule has 0 heterocycles. The van der Waals surface area contributed by atoms with Crippen LogP contribution in [0.5, 0.6) is 0 Å². The van der Waals surface area contributed by atoms with Gasteiger partial charge < -0.3 is 11.5 Å². The molecule has 0 saturated heterocycles. The maximum absolute atomic E-state index is 13.2. The first kappa shape index (κ1) is 10.7. The summed E-state index contributed by atoms with van der Waals surface area (Å²) in [6.45, 7) is 0.122. The fourth-order valence-electron chi connectivity index (χ4n) is 1.00. The molecule has 0 aromatic heterocycles. The Labute approximate surface area is 85.6 Å². The molecule has 1 atom stereocenters. The van der Waals surface area contributed by atoms with Gasteiger partial charge in [-0.15, -0.1) is 0 Å². The first-order chi connectivity index (χ1) is 6.07. The predicted octanol–water partition coefficient (Wildman–Crippen LogP) is 2.09. The second-order valence-electron chi connectivity index (χ2n) is 2.60. The molecule has 0 fully saturated rings. The Bertz CT molecular complexity index is 317. The smallest absolute Gasteiger partial charge is 0.129 e. The summed E-state index contributed by atoms with van der Waals surface area (Å²) in [7, 11) is 0. The van der Waals surface area contributed by atoms with E-state index in [0.717, 1.165) is 0 Å². The predicted molar refractivity (Wildman–Crippen MR) is 52.4 cm³/mol. The second kappa shape index (κ2) is 4.24. The van der Waals surface area contributed by atoms with Crippen molar-refractivity contribution >= 4 is 23.2 Å². The van der Waals surface area contributed by atoms with Crippen molar-refractivity contribution in [2.75, 3.05) is 6.54 Å². The fourth-order valence-corrected chi connectivity index (χ4v) is 1.46. The van der Waals surface area contributed by atoms with E-state index in [1.807, 2.05) is 0 Å². The topological polar surface area (TPSA) is 52.0 Å². The Morgan fingerprint density at radius 3 is 2.54 bits per heavy atom. The molecule has 0 radical (unpaired) electrons. The van der Waals surface area contributed by atoms with Gasteiger partial charge in [-0.05, 0) is 12.1 Å². The van der Waals surface area contributed by atoms with Crippen molar-refractivity contribution in [3.8, 4) is 0 Å². The van der Waals surface area contributed by atoms with Gasteiger partial charge in [-0.1, -0.05) is 23.2 Å². The second-order valence-corrected chi connectivity index (χ2v) is 3.38. The zero-order valence-corrected chi connectivity index (χ0v) is 8.24. The lowest BCUT2D eigenvalue weighted by atomic mass is 10.1. The third-order valence-corrected chi connectivity index (χ3v) is 2.52. The van der Waals surface area contributed by atoms with Gasteiger partial charge in [0.15, 0.2) is 0 Å². The summed E-state index contributed by atoms with van der Waals surface area (Å²) in [6, 6.07) is 1.98. The lowest BCUT2D eigenvalue weighted by molar-refractivity contribution is 0.584. The molecule has 72 valence electrons. The van der Waals surface area contributed by atoms with E-state index in [1.165, 1.54) is 12.1 Å². The molecule has 0 saturated carbocycles. The van der Waals surface area contributed by atoms with Crippen LogP contribution in [-0.2, 0) is 0 Å². The average molecular weight is 223 g/mol. The van der Waals surface area contributed by atoms with Crippen molar-refractivity contribution < 1.29 is 4.39 Å². The molecule has 0 unspecified atom stereocenters.